The van der Waals surface area contributed by atoms with Crippen molar-refractivity contribution in [2.45, 2.75) is 43.8 Å². The lowest BCUT2D eigenvalue weighted by atomic mass is 9.99. The van der Waals surface area contributed by atoms with Crippen LogP contribution in [0.5, 0.6) is 0 Å². The van der Waals surface area contributed by atoms with E-state index in [4.69, 9.17) is 0 Å². The van der Waals surface area contributed by atoms with Gasteiger partial charge in [-0.1, -0.05) is 0 Å². The number of carbonyl (C=O) groups excluding carboxylic acids is 1. The SMILES string of the molecule is Cl.Cl.O=C(NC1CC2CCC(C1)N2)c1cccnc1. The second kappa shape index (κ2) is 7.08. The van der Waals surface area contributed by atoms with Gasteiger partial charge in [-0.25, -0.2) is 0 Å². The maximum atomic E-state index is 12.0. The van der Waals surface area contributed by atoms with E-state index in [1.165, 1.54) is 12.8 Å². The molecule has 0 spiro atoms. The molecule has 2 atom stereocenters. The van der Waals surface area contributed by atoms with Crippen LogP contribution in [0.4, 0.5) is 0 Å². The van der Waals surface area contributed by atoms with E-state index in [-0.39, 0.29) is 30.7 Å². The lowest BCUT2D eigenvalue weighted by Crippen LogP contribution is -2.48. The first-order valence-corrected chi connectivity index (χ1v) is 6.28. The summed E-state index contributed by atoms with van der Waals surface area (Å²) in [6.45, 7) is 0. The van der Waals surface area contributed by atoms with Crippen LogP contribution < -0.4 is 10.6 Å². The third-order valence-corrected chi connectivity index (χ3v) is 3.73. The summed E-state index contributed by atoms with van der Waals surface area (Å²) in [5.74, 6) is 0.00407. The van der Waals surface area contributed by atoms with Crippen molar-refractivity contribution in [3.63, 3.8) is 0 Å². The van der Waals surface area contributed by atoms with Crippen LogP contribution in [0.1, 0.15) is 36.0 Å². The van der Waals surface area contributed by atoms with Gasteiger partial charge in [-0.15, -0.1) is 24.8 Å². The van der Waals surface area contributed by atoms with Crippen molar-refractivity contribution in [1.82, 2.24) is 15.6 Å². The number of piperidine rings is 1. The molecule has 2 saturated heterocycles. The molecule has 0 saturated carbocycles. The molecule has 106 valence electrons. The molecule has 2 fully saturated rings. The van der Waals surface area contributed by atoms with Crippen LogP contribution in [0, 0.1) is 0 Å². The molecule has 2 aliphatic heterocycles. The van der Waals surface area contributed by atoms with Gasteiger partial charge in [0, 0.05) is 30.5 Å². The minimum atomic E-state index is 0. The molecule has 2 unspecified atom stereocenters. The Bertz CT molecular complexity index is 404. The fourth-order valence-corrected chi connectivity index (χ4v) is 2.94. The Balaban J connectivity index is 0.000000902. The zero-order valence-corrected chi connectivity index (χ0v) is 12.2. The summed E-state index contributed by atoms with van der Waals surface area (Å²) in [7, 11) is 0. The van der Waals surface area contributed by atoms with Crippen LogP contribution in [-0.2, 0) is 0 Å². The third-order valence-electron chi connectivity index (χ3n) is 3.73. The zero-order chi connectivity index (χ0) is 11.7. The predicted molar refractivity (Wildman–Crippen MR) is 79.2 cm³/mol. The Kier molecular flexibility index (Phi) is 6.04. The molecule has 0 aromatic carbocycles. The molecular formula is C13H19Cl2N3O. The van der Waals surface area contributed by atoms with E-state index in [0.717, 1.165) is 12.8 Å². The summed E-state index contributed by atoms with van der Waals surface area (Å²) >= 11 is 0. The van der Waals surface area contributed by atoms with Crippen molar-refractivity contribution >= 4 is 30.7 Å². The van der Waals surface area contributed by atoms with Gasteiger partial charge in [0.15, 0.2) is 0 Å². The topological polar surface area (TPSA) is 54.0 Å². The Morgan fingerprint density at radius 3 is 2.53 bits per heavy atom. The van der Waals surface area contributed by atoms with E-state index in [1.54, 1.807) is 24.5 Å². The number of hydrogen-bond donors (Lipinski definition) is 2. The summed E-state index contributed by atoms with van der Waals surface area (Å²) < 4.78 is 0. The minimum absolute atomic E-state index is 0. The molecule has 0 aliphatic carbocycles. The van der Waals surface area contributed by atoms with Crippen LogP contribution in [-0.4, -0.2) is 29.0 Å². The van der Waals surface area contributed by atoms with Crippen LogP contribution in [0.3, 0.4) is 0 Å². The van der Waals surface area contributed by atoms with Crippen LogP contribution in [0.2, 0.25) is 0 Å². The maximum Gasteiger partial charge on any atom is 0.253 e. The highest BCUT2D eigenvalue weighted by Crippen LogP contribution is 2.26. The minimum Gasteiger partial charge on any atom is -0.349 e. The molecule has 0 radical (unpaired) electrons. The number of aromatic nitrogens is 1. The molecule has 3 rings (SSSR count). The van der Waals surface area contributed by atoms with Gasteiger partial charge in [0.1, 0.15) is 0 Å². The van der Waals surface area contributed by atoms with E-state index in [0.29, 0.717) is 23.7 Å². The average molecular weight is 304 g/mol. The van der Waals surface area contributed by atoms with E-state index >= 15 is 0 Å². The molecule has 4 nitrogen and oxygen atoms in total. The zero-order valence-electron chi connectivity index (χ0n) is 10.5. The first-order valence-electron chi connectivity index (χ1n) is 6.28. The number of rotatable bonds is 2. The molecule has 2 bridgehead atoms. The fraction of sp³-hybridized carbons (Fsp3) is 0.538. The highest BCUT2D eigenvalue weighted by molar-refractivity contribution is 5.94. The highest BCUT2D eigenvalue weighted by atomic mass is 35.5. The first-order chi connectivity index (χ1) is 8.31. The lowest BCUT2D eigenvalue weighted by Gasteiger charge is -2.29. The van der Waals surface area contributed by atoms with Crippen LogP contribution in [0.15, 0.2) is 24.5 Å². The number of pyridine rings is 1. The average Bonchev–Trinajstić information content (AvgIpc) is 2.70. The van der Waals surface area contributed by atoms with Gasteiger partial charge in [0.25, 0.3) is 5.91 Å². The first kappa shape index (κ1) is 16.2. The molecule has 1 aromatic heterocycles. The Labute approximate surface area is 125 Å². The number of nitrogens with zero attached hydrogens (tertiary/aromatic N) is 1. The summed E-state index contributed by atoms with van der Waals surface area (Å²) in [5.41, 5.74) is 0.651. The molecule has 19 heavy (non-hydrogen) atoms. The van der Waals surface area contributed by atoms with Gasteiger partial charge in [-0.2, -0.15) is 0 Å². The summed E-state index contributed by atoms with van der Waals surface area (Å²) in [6.07, 6.45) is 7.92. The number of hydrogen-bond acceptors (Lipinski definition) is 3. The summed E-state index contributed by atoms with van der Waals surface area (Å²) in [4.78, 5) is 15.9. The third kappa shape index (κ3) is 3.81. The van der Waals surface area contributed by atoms with E-state index in [9.17, 15) is 4.79 Å². The molecule has 2 N–H and O–H groups in total. The normalized spacial score (nSPS) is 27.9. The van der Waals surface area contributed by atoms with Gasteiger partial charge in [-0.05, 0) is 37.8 Å². The second-order valence-corrected chi connectivity index (χ2v) is 5.02. The number of nitrogens with one attached hydrogen (secondary N) is 2. The highest BCUT2D eigenvalue weighted by Gasteiger charge is 2.33. The molecule has 6 heteroatoms. The standard InChI is InChI=1S/C13H17N3O.2ClH/c17-13(9-2-1-5-14-8-9)16-12-6-10-3-4-11(7-12)15-10;;/h1-2,5,8,10-12,15H,3-4,6-7H2,(H,16,17);2*1H. The fourth-order valence-electron chi connectivity index (χ4n) is 2.94. The molecule has 3 heterocycles. The monoisotopic (exact) mass is 303 g/mol. The van der Waals surface area contributed by atoms with Crippen LogP contribution >= 0.6 is 24.8 Å². The van der Waals surface area contributed by atoms with Gasteiger partial charge in [0.2, 0.25) is 0 Å². The molecule has 1 aromatic rings. The number of carbonyl (C=O) groups is 1. The smallest absolute Gasteiger partial charge is 0.253 e. The number of fused-ring (bicyclic) bond motifs is 2. The van der Waals surface area contributed by atoms with Crippen molar-refractivity contribution in [2.24, 2.45) is 0 Å². The largest absolute Gasteiger partial charge is 0.349 e. The van der Waals surface area contributed by atoms with E-state index in [2.05, 4.69) is 15.6 Å². The van der Waals surface area contributed by atoms with Gasteiger partial charge < -0.3 is 10.6 Å². The Hall–Kier alpha value is -0.840. The van der Waals surface area contributed by atoms with Crippen molar-refractivity contribution < 1.29 is 4.79 Å². The van der Waals surface area contributed by atoms with Crippen LogP contribution in [0.25, 0.3) is 0 Å². The molecular weight excluding hydrogens is 285 g/mol. The van der Waals surface area contributed by atoms with Gasteiger partial charge in [-0.3, -0.25) is 9.78 Å². The van der Waals surface area contributed by atoms with Gasteiger partial charge in [0.05, 0.1) is 5.56 Å². The van der Waals surface area contributed by atoms with Crippen molar-refractivity contribution in [3.05, 3.63) is 30.1 Å². The summed E-state index contributed by atoms with van der Waals surface area (Å²) in [5, 5.41) is 6.69. The van der Waals surface area contributed by atoms with Crippen molar-refractivity contribution in [3.8, 4) is 0 Å². The Morgan fingerprint density at radius 1 is 1.26 bits per heavy atom. The Morgan fingerprint density at radius 2 is 1.95 bits per heavy atom. The number of halogens is 2. The number of amides is 1. The maximum absolute atomic E-state index is 12.0. The quantitative estimate of drug-likeness (QED) is 0.878. The van der Waals surface area contributed by atoms with Gasteiger partial charge >= 0.3 is 0 Å². The lowest BCUT2D eigenvalue weighted by molar-refractivity contribution is 0.0923. The van der Waals surface area contributed by atoms with E-state index < -0.39 is 0 Å². The second-order valence-electron chi connectivity index (χ2n) is 5.02. The summed E-state index contributed by atoms with van der Waals surface area (Å²) in [6, 6.07) is 5.13. The van der Waals surface area contributed by atoms with E-state index in [1.807, 2.05) is 0 Å². The van der Waals surface area contributed by atoms with Crippen molar-refractivity contribution in [1.29, 1.82) is 0 Å². The predicted octanol–water partition coefficient (Wildman–Crippen LogP) is 1.94. The molecule has 1 amide bonds. The molecule has 2 aliphatic rings. The van der Waals surface area contributed by atoms with Crippen molar-refractivity contribution in [2.75, 3.05) is 0 Å².